The van der Waals surface area contributed by atoms with E-state index in [1.807, 2.05) is 0 Å². The molecule has 0 aliphatic carbocycles. The average molecular weight is 205 g/mol. The molecule has 2 aromatic rings. The highest BCUT2D eigenvalue weighted by Crippen LogP contribution is 2.17. The minimum absolute atomic E-state index is 0.180. The maximum absolute atomic E-state index is 11.5. The largest absolute Gasteiger partial charge is 0.475 e. The van der Waals surface area contributed by atoms with Gasteiger partial charge in [-0.05, 0) is 12.1 Å². The van der Waals surface area contributed by atoms with Crippen molar-refractivity contribution in [1.29, 1.82) is 0 Å². The molecule has 0 aliphatic heterocycles. The number of carboxylic acids is 1. The predicted molar refractivity (Wildman–Crippen MR) is 53.9 cm³/mol. The van der Waals surface area contributed by atoms with E-state index in [-0.39, 0.29) is 16.7 Å². The minimum atomic E-state index is -1.28. The lowest BCUT2D eigenvalue weighted by Gasteiger charge is -2.00. The minimum Gasteiger partial charge on any atom is -0.475 e. The van der Waals surface area contributed by atoms with Crippen molar-refractivity contribution in [3.8, 4) is 0 Å². The number of hydrogen-bond donors (Lipinski definition) is 2. The fraction of sp³-hybridized carbons (Fsp3) is 0. The van der Waals surface area contributed by atoms with Crippen LogP contribution in [0.15, 0.2) is 33.5 Å². The van der Waals surface area contributed by atoms with Crippen LogP contribution in [0.3, 0.4) is 0 Å². The number of nitrogens with two attached hydrogens (primary N) is 1. The third-order valence-corrected chi connectivity index (χ3v) is 2.00. The number of carbonyl (C=O) groups is 1. The van der Waals surface area contributed by atoms with E-state index in [2.05, 4.69) is 0 Å². The van der Waals surface area contributed by atoms with Crippen LogP contribution in [0.1, 0.15) is 10.6 Å². The summed E-state index contributed by atoms with van der Waals surface area (Å²) in [6.45, 7) is 0. The van der Waals surface area contributed by atoms with Crippen LogP contribution in [-0.4, -0.2) is 11.1 Å². The molecule has 0 aliphatic rings. The second kappa shape index (κ2) is 3.13. The summed E-state index contributed by atoms with van der Waals surface area (Å²) in [6, 6.07) is 5.56. The van der Waals surface area contributed by atoms with E-state index in [1.54, 1.807) is 12.1 Å². The molecular weight excluding hydrogens is 198 g/mol. The molecule has 1 heterocycles. The fourth-order valence-electron chi connectivity index (χ4n) is 1.34. The topological polar surface area (TPSA) is 93.5 Å². The van der Waals surface area contributed by atoms with Crippen molar-refractivity contribution in [2.45, 2.75) is 0 Å². The number of rotatable bonds is 1. The molecule has 5 heteroatoms. The lowest BCUT2D eigenvalue weighted by molar-refractivity contribution is 0.0663. The first kappa shape index (κ1) is 9.26. The van der Waals surface area contributed by atoms with Gasteiger partial charge in [0.1, 0.15) is 5.58 Å². The number of hydrogen-bond acceptors (Lipinski definition) is 4. The molecule has 2 rings (SSSR count). The van der Waals surface area contributed by atoms with Gasteiger partial charge in [-0.25, -0.2) is 4.79 Å². The van der Waals surface area contributed by atoms with Gasteiger partial charge in [0.2, 0.25) is 5.76 Å². The van der Waals surface area contributed by atoms with E-state index >= 15 is 0 Å². The maximum Gasteiger partial charge on any atom is 0.371 e. The van der Waals surface area contributed by atoms with Gasteiger partial charge in [-0.15, -0.1) is 0 Å². The molecule has 0 fully saturated rings. The summed E-state index contributed by atoms with van der Waals surface area (Å²) in [7, 11) is 0. The van der Waals surface area contributed by atoms with E-state index in [0.717, 1.165) is 6.07 Å². The molecule has 0 saturated carbocycles. The van der Waals surface area contributed by atoms with Crippen molar-refractivity contribution in [2.24, 2.45) is 0 Å². The molecule has 1 aromatic heterocycles. The lowest BCUT2D eigenvalue weighted by Crippen LogP contribution is -2.08. The Labute approximate surface area is 83.7 Å². The van der Waals surface area contributed by atoms with Gasteiger partial charge in [0.05, 0.1) is 5.39 Å². The van der Waals surface area contributed by atoms with Crippen LogP contribution in [0.5, 0.6) is 0 Å². The highest BCUT2D eigenvalue weighted by Gasteiger charge is 2.11. The van der Waals surface area contributed by atoms with Crippen LogP contribution >= 0.6 is 0 Å². The Kier molecular flexibility index (Phi) is 1.93. The third-order valence-electron chi connectivity index (χ3n) is 2.00. The van der Waals surface area contributed by atoms with Crippen molar-refractivity contribution >= 4 is 22.6 Å². The first-order valence-corrected chi connectivity index (χ1v) is 4.15. The summed E-state index contributed by atoms with van der Waals surface area (Å²) in [5, 5.41) is 8.88. The second-order valence-corrected chi connectivity index (χ2v) is 3.00. The van der Waals surface area contributed by atoms with Gasteiger partial charge in [0.15, 0.2) is 5.43 Å². The first-order valence-electron chi connectivity index (χ1n) is 4.15. The predicted octanol–water partition coefficient (Wildman–Crippen LogP) is 1.07. The molecule has 0 amide bonds. The Morgan fingerprint density at radius 1 is 1.40 bits per heavy atom. The van der Waals surface area contributed by atoms with E-state index in [9.17, 15) is 9.59 Å². The zero-order chi connectivity index (χ0) is 11.0. The Balaban J connectivity index is 2.91. The summed E-state index contributed by atoms with van der Waals surface area (Å²) in [4.78, 5) is 22.1. The first-order chi connectivity index (χ1) is 7.09. The molecule has 0 saturated heterocycles. The summed E-state index contributed by atoms with van der Waals surface area (Å²) in [5.41, 5.74) is 5.58. The Hall–Kier alpha value is -2.30. The zero-order valence-electron chi connectivity index (χ0n) is 7.56. The third kappa shape index (κ3) is 1.43. The van der Waals surface area contributed by atoms with Crippen LogP contribution in [0, 0.1) is 0 Å². The SMILES string of the molecule is Nc1cccc2oc(C(=O)O)cc(=O)c12. The monoisotopic (exact) mass is 205 g/mol. The molecule has 1 aromatic carbocycles. The molecule has 0 radical (unpaired) electrons. The van der Waals surface area contributed by atoms with E-state index in [4.69, 9.17) is 15.3 Å². The molecule has 0 spiro atoms. The standard InChI is InChI=1S/C10H7NO4/c11-5-2-1-3-7-9(5)6(12)4-8(15-7)10(13)14/h1-4H,11H2,(H,13,14). The van der Waals surface area contributed by atoms with Gasteiger partial charge in [0.25, 0.3) is 0 Å². The van der Waals surface area contributed by atoms with E-state index in [0.29, 0.717) is 0 Å². The highest BCUT2D eigenvalue weighted by molar-refractivity contribution is 5.92. The molecule has 0 bridgehead atoms. The van der Waals surface area contributed by atoms with Crippen molar-refractivity contribution in [2.75, 3.05) is 5.73 Å². The zero-order valence-corrected chi connectivity index (χ0v) is 7.56. The normalized spacial score (nSPS) is 10.4. The van der Waals surface area contributed by atoms with Crippen molar-refractivity contribution < 1.29 is 14.3 Å². The summed E-state index contributed by atoms with van der Waals surface area (Å²) >= 11 is 0. The van der Waals surface area contributed by atoms with Gasteiger partial charge in [-0.2, -0.15) is 0 Å². The fourth-order valence-corrected chi connectivity index (χ4v) is 1.34. The number of aromatic carboxylic acids is 1. The molecule has 0 atom stereocenters. The van der Waals surface area contributed by atoms with Crippen molar-refractivity contribution in [1.82, 2.24) is 0 Å². The van der Waals surface area contributed by atoms with Crippen LogP contribution < -0.4 is 11.2 Å². The molecular formula is C10H7NO4. The van der Waals surface area contributed by atoms with Gasteiger partial charge in [-0.3, -0.25) is 4.79 Å². The smallest absolute Gasteiger partial charge is 0.371 e. The summed E-state index contributed by atoms with van der Waals surface area (Å²) < 4.78 is 5.01. The van der Waals surface area contributed by atoms with E-state index in [1.165, 1.54) is 6.07 Å². The van der Waals surface area contributed by atoms with Crippen LogP contribution in [0.2, 0.25) is 0 Å². The average Bonchev–Trinajstić information content (AvgIpc) is 2.17. The van der Waals surface area contributed by atoms with Crippen molar-refractivity contribution in [3.63, 3.8) is 0 Å². The van der Waals surface area contributed by atoms with E-state index < -0.39 is 17.2 Å². The number of benzene rings is 1. The van der Waals surface area contributed by atoms with Gasteiger partial charge >= 0.3 is 5.97 Å². The van der Waals surface area contributed by atoms with Gasteiger partial charge < -0.3 is 15.3 Å². The Bertz CT molecular complexity index is 600. The molecule has 76 valence electrons. The lowest BCUT2D eigenvalue weighted by atomic mass is 10.2. The van der Waals surface area contributed by atoms with Crippen LogP contribution in [0.25, 0.3) is 11.0 Å². The van der Waals surface area contributed by atoms with Crippen LogP contribution in [0.4, 0.5) is 5.69 Å². The Morgan fingerprint density at radius 3 is 2.80 bits per heavy atom. The molecule has 0 unspecified atom stereocenters. The number of nitrogen functional groups attached to an aromatic ring is 1. The Morgan fingerprint density at radius 2 is 2.13 bits per heavy atom. The van der Waals surface area contributed by atoms with Gasteiger partial charge in [-0.1, -0.05) is 6.07 Å². The second-order valence-electron chi connectivity index (χ2n) is 3.00. The highest BCUT2D eigenvalue weighted by atomic mass is 16.4. The number of anilines is 1. The number of carboxylic acid groups (broad SMARTS) is 1. The molecule has 5 nitrogen and oxygen atoms in total. The summed E-state index contributed by atoms with van der Waals surface area (Å²) in [5.74, 6) is -1.67. The molecule has 3 N–H and O–H groups in total. The maximum atomic E-state index is 11.5. The van der Waals surface area contributed by atoms with Gasteiger partial charge in [0, 0.05) is 11.8 Å². The quantitative estimate of drug-likeness (QED) is 0.679. The molecule has 15 heavy (non-hydrogen) atoms. The summed E-state index contributed by atoms with van der Waals surface area (Å²) in [6.07, 6.45) is 0. The number of fused-ring (bicyclic) bond motifs is 1. The van der Waals surface area contributed by atoms with Crippen molar-refractivity contribution in [3.05, 3.63) is 40.2 Å². The van der Waals surface area contributed by atoms with Crippen LogP contribution in [-0.2, 0) is 0 Å².